The lowest BCUT2D eigenvalue weighted by atomic mass is 9.96. The zero-order valence-corrected chi connectivity index (χ0v) is 11.3. The Bertz CT molecular complexity index is 510. The number of benzene rings is 1. The van der Waals surface area contributed by atoms with Gasteiger partial charge in [-0.05, 0) is 38.3 Å². The third-order valence-electron chi connectivity index (χ3n) is 3.67. The average molecular weight is 261 g/mol. The highest BCUT2D eigenvalue weighted by atomic mass is 16.4. The molecule has 1 heterocycles. The summed E-state index contributed by atoms with van der Waals surface area (Å²) in [5.74, 6) is -1.29. The Hall–Kier alpha value is -1.84. The monoisotopic (exact) mass is 261 g/mol. The molecular formula is C15H19NO3. The van der Waals surface area contributed by atoms with Crippen molar-refractivity contribution >= 4 is 11.9 Å². The van der Waals surface area contributed by atoms with Crippen LogP contribution in [0.25, 0.3) is 0 Å². The smallest absolute Gasteiger partial charge is 0.308 e. The first-order chi connectivity index (χ1) is 8.99. The minimum Gasteiger partial charge on any atom is -0.481 e. The number of carboxylic acid groups (broad SMARTS) is 1. The van der Waals surface area contributed by atoms with Crippen LogP contribution in [-0.4, -0.2) is 35.0 Å². The van der Waals surface area contributed by atoms with Gasteiger partial charge in [0, 0.05) is 18.7 Å². The fourth-order valence-electron chi connectivity index (χ4n) is 2.59. The van der Waals surface area contributed by atoms with Crippen LogP contribution in [0.3, 0.4) is 0 Å². The summed E-state index contributed by atoms with van der Waals surface area (Å²) in [5.41, 5.74) is 2.75. The first-order valence-electron chi connectivity index (χ1n) is 6.58. The van der Waals surface area contributed by atoms with E-state index in [1.54, 1.807) is 4.90 Å². The molecule has 1 aliphatic rings. The molecular weight excluding hydrogens is 242 g/mol. The summed E-state index contributed by atoms with van der Waals surface area (Å²) in [5, 5.41) is 9.06. The molecule has 0 saturated carbocycles. The lowest BCUT2D eigenvalue weighted by Crippen LogP contribution is -2.42. The molecule has 1 aromatic rings. The maximum Gasteiger partial charge on any atom is 0.308 e. The Labute approximate surface area is 113 Å². The predicted molar refractivity (Wildman–Crippen MR) is 72.2 cm³/mol. The lowest BCUT2D eigenvalue weighted by molar-refractivity contribution is -0.143. The number of hydrogen-bond donors (Lipinski definition) is 1. The second-order valence-electron chi connectivity index (χ2n) is 5.25. The predicted octanol–water partition coefficient (Wildman–Crippen LogP) is 2.24. The van der Waals surface area contributed by atoms with Crippen LogP contribution in [-0.2, 0) is 4.79 Å². The second-order valence-corrected chi connectivity index (χ2v) is 5.25. The highest BCUT2D eigenvalue weighted by Gasteiger charge is 2.29. The molecule has 0 bridgehead atoms. The third kappa shape index (κ3) is 2.95. The van der Waals surface area contributed by atoms with Crippen LogP contribution in [0.5, 0.6) is 0 Å². The maximum atomic E-state index is 12.4. The molecule has 1 aromatic carbocycles. The van der Waals surface area contributed by atoms with Gasteiger partial charge in [-0.25, -0.2) is 0 Å². The number of likely N-dealkylation sites (tertiary alicyclic amines) is 1. The van der Waals surface area contributed by atoms with E-state index in [1.807, 2.05) is 32.0 Å². The van der Waals surface area contributed by atoms with E-state index in [-0.39, 0.29) is 5.91 Å². The number of piperidine rings is 1. The maximum absolute atomic E-state index is 12.4. The van der Waals surface area contributed by atoms with E-state index in [0.29, 0.717) is 25.1 Å². The fraction of sp³-hybridized carbons (Fsp3) is 0.467. The first kappa shape index (κ1) is 13.6. The van der Waals surface area contributed by atoms with Gasteiger partial charge < -0.3 is 10.0 Å². The van der Waals surface area contributed by atoms with Gasteiger partial charge in [-0.15, -0.1) is 0 Å². The van der Waals surface area contributed by atoms with Gasteiger partial charge in [-0.2, -0.15) is 0 Å². The third-order valence-corrected chi connectivity index (χ3v) is 3.67. The standard InChI is InChI=1S/C15H19NO3/c1-10-5-6-13(11(2)8-10)14(17)16-7-3-4-12(9-16)15(18)19/h5-6,8,12H,3-4,7,9H2,1-2H3,(H,18,19)/t12-/m1/s1. The molecule has 1 aliphatic heterocycles. The summed E-state index contributed by atoms with van der Waals surface area (Å²) in [6.07, 6.45) is 1.42. The molecule has 0 radical (unpaired) electrons. The Balaban J connectivity index is 2.17. The number of carboxylic acids is 1. The number of amides is 1. The Morgan fingerprint density at radius 1 is 1.32 bits per heavy atom. The Morgan fingerprint density at radius 3 is 2.68 bits per heavy atom. The number of carbonyl (C=O) groups excluding carboxylic acids is 1. The minimum absolute atomic E-state index is 0.0524. The number of nitrogens with zero attached hydrogens (tertiary/aromatic N) is 1. The number of rotatable bonds is 2. The Kier molecular flexibility index (Phi) is 3.88. The van der Waals surface area contributed by atoms with Crippen LogP contribution >= 0.6 is 0 Å². The SMILES string of the molecule is Cc1ccc(C(=O)N2CCC[C@@H](C(=O)O)C2)c(C)c1. The van der Waals surface area contributed by atoms with Crippen molar-refractivity contribution in [1.29, 1.82) is 0 Å². The van der Waals surface area contributed by atoms with E-state index in [2.05, 4.69) is 0 Å². The topological polar surface area (TPSA) is 57.6 Å². The van der Waals surface area contributed by atoms with E-state index in [0.717, 1.165) is 17.5 Å². The van der Waals surface area contributed by atoms with Gasteiger partial charge in [0.2, 0.25) is 0 Å². The zero-order chi connectivity index (χ0) is 14.0. The van der Waals surface area contributed by atoms with Crippen LogP contribution in [0.15, 0.2) is 18.2 Å². The molecule has 1 saturated heterocycles. The number of aliphatic carboxylic acids is 1. The summed E-state index contributed by atoms with van der Waals surface area (Å²) in [7, 11) is 0. The van der Waals surface area contributed by atoms with Crippen LogP contribution < -0.4 is 0 Å². The van der Waals surface area contributed by atoms with Crippen molar-refractivity contribution in [2.45, 2.75) is 26.7 Å². The summed E-state index contributed by atoms with van der Waals surface area (Å²) >= 11 is 0. The van der Waals surface area contributed by atoms with E-state index in [4.69, 9.17) is 5.11 Å². The van der Waals surface area contributed by atoms with Gasteiger partial charge in [0.1, 0.15) is 0 Å². The second kappa shape index (κ2) is 5.43. The highest BCUT2D eigenvalue weighted by Crippen LogP contribution is 2.20. The molecule has 102 valence electrons. The van der Waals surface area contributed by atoms with Crippen LogP contribution in [0.4, 0.5) is 0 Å². The number of aryl methyl sites for hydroxylation is 2. The van der Waals surface area contributed by atoms with E-state index in [9.17, 15) is 9.59 Å². The summed E-state index contributed by atoms with van der Waals surface area (Å²) < 4.78 is 0. The lowest BCUT2D eigenvalue weighted by Gasteiger charge is -2.31. The first-order valence-corrected chi connectivity index (χ1v) is 6.58. The van der Waals surface area contributed by atoms with Gasteiger partial charge in [0.25, 0.3) is 5.91 Å². The summed E-state index contributed by atoms with van der Waals surface area (Å²) in [6, 6.07) is 5.72. The fourth-order valence-corrected chi connectivity index (χ4v) is 2.59. The molecule has 2 rings (SSSR count). The van der Waals surface area contributed by atoms with E-state index < -0.39 is 11.9 Å². The van der Waals surface area contributed by atoms with Crippen molar-refractivity contribution < 1.29 is 14.7 Å². The molecule has 0 aliphatic carbocycles. The van der Waals surface area contributed by atoms with Crippen LogP contribution in [0, 0.1) is 19.8 Å². The van der Waals surface area contributed by atoms with Crippen molar-refractivity contribution in [3.63, 3.8) is 0 Å². The molecule has 4 heteroatoms. The van der Waals surface area contributed by atoms with Gasteiger partial charge in [-0.1, -0.05) is 17.7 Å². The van der Waals surface area contributed by atoms with Crippen molar-refractivity contribution in [2.75, 3.05) is 13.1 Å². The summed E-state index contributed by atoms with van der Waals surface area (Å²) in [6.45, 7) is 4.87. The molecule has 4 nitrogen and oxygen atoms in total. The Morgan fingerprint density at radius 2 is 2.05 bits per heavy atom. The molecule has 19 heavy (non-hydrogen) atoms. The molecule has 1 N–H and O–H groups in total. The molecule has 0 aromatic heterocycles. The molecule has 0 spiro atoms. The van der Waals surface area contributed by atoms with Crippen molar-refractivity contribution in [1.82, 2.24) is 4.90 Å². The van der Waals surface area contributed by atoms with Gasteiger partial charge >= 0.3 is 5.97 Å². The van der Waals surface area contributed by atoms with Crippen molar-refractivity contribution in [3.05, 3.63) is 34.9 Å². The van der Waals surface area contributed by atoms with Gasteiger partial charge in [0.15, 0.2) is 0 Å². The van der Waals surface area contributed by atoms with Crippen molar-refractivity contribution in [3.8, 4) is 0 Å². The zero-order valence-electron chi connectivity index (χ0n) is 11.3. The molecule has 1 fully saturated rings. The van der Waals surface area contributed by atoms with Crippen LogP contribution in [0.1, 0.15) is 34.3 Å². The highest BCUT2D eigenvalue weighted by molar-refractivity contribution is 5.96. The van der Waals surface area contributed by atoms with Crippen LogP contribution in [0.2, 0.25) is 0 Å². The molecule has 1 amide bonds. The number of hydrogen-bond acceptors (Lipinski definition) is 2. The largest absolute Gasteiger partial charge is 0.481 e. The molecule has 0 unspecified atom stereocenters. The summed E-state index contributed by atoms with van der Waals surface area (Å²) in [4.78, 5) is 25.1. The average Bonchev–Trinajstić information content (AvgIpc) is 2.38. The van der Waals surface area contributed by atoms with E-state index in [1.165, 1.54) is 0 Å². The van der Waals surface area contributed by atoms with Gasteiger partial charge in [-0.3, -0.25) is 9.59 Å². The normalized spacial score (nSPS) is 19.3. The van der Waals surface area contributed by atoms with Crippen molar-refractivity contribution in [2.24, 2.45) is 5.92 Å². The minimum atomic E-state index is -0.807. The quantitative estimate of drug-likeness (QED) is 0.888. The van der Waals surface area contributed by atoms with Gasteiger partial charge in [0.05, 0.1) is 5.92 Å². The number of carbonyl (C=O) groups is 2. The molecule has 1 atom stereocenters. The van der Waals surface area contributed by atoms with E-state index >= 15 is 0 Å².